The third-order valence-corrected chi connectivity index (χ3v) is 2.78. The summed E-state index contributed by atoms with van der Waals surface area (Å²) in [5, 5.41) is 6.36. The van der Waals surface area contributed by atoms with Crippen LogP contribution in [0, 0.1) is 5.92 Å². The molecule has 0 aromatic heterocycles. The molecule has 2 unspecified atom stereocenters. The normalized spacial score (nSPS) is 27.9. The molecule has 0 aromatic rings. The van der Waals surface area contributed by atoms with Gasteiger partial charge in [-0.1, -0.05) is 26.7 Å². The summed E-state index contributed by atoms with van der Waals surface area (Å²) in [5.74, 6) is 1.33. The highest BCUT2D eigenvalue weighted by Crippen LogP contribution is 2.26. The molecule has 2 atom stereocenters. The van der Waals surface area contributed by atoms with Crippen LogP contribution in [0.15, 0.2) is 5.10 Å². The third-order valence-electron chi connectivity index (χ3n) is 2.78. The first-order valence-electron chi connectivity index (χ1n) is 5.27. The molecule has 76 valence electrons. The molecule has 0 amide bonds. The molecule has 0 aromatic carbocycles. The standard InChI is InChI=1S/C10H21N3/c1-4-6-8-9(7-5-2)13(3)12-10(8)11/h8-9H,4-7H2,1-3H3,(H2,11,12). The van der Waals surface area contributed by atoms with E-state index in [1.807, 2.05) is 12.1 Å². The van der Waals surface area contributed by atoms with Gasteiger partial charge < -0.3 is 5.73 Å². The minimum Gasteiger partial charge on any atom is -0.385 e. The summed E-state index contributed by atoms with van der Waals surface area (Å²) >= 11 is 0. The van der Waals surface area contributed by atoms with E-state index in [9.17, 15) is 0 Å². The fourth-order valence-corrected chi connectivity index (χ4v) is 2.12. The topological polar surface area (TPSA) is 41.6 Å². The number of rotatable bonds is 4. The quantitative estimate of drug-likeness (QED) is 0.722. The van der Waals surface area contributed by atoms with Crippen LogP contribution in [0.1, 0.15) is 39.5 Å². The average molecular weight is 183 g/mol. The van der Waals surface area contributed by atoms with Gasteiger partial charge in [0, 0.05) is 13.0 Å². The van der Waals surface area contributed by atoms with Crippen molar-refractivity contribution in [2.45, 2.75) is 45.6 Å². The molecule has 2 N–H and O–H groups in total. The van der Waals surface area contributed by atoms with Crippen molar-refractivity contribution in [3.63, 3.8) is 0 Å². The summed E-state index contributed by atoms with van der Waals surface area (Å²) in [5.41, 5.74) is 5.88. The van der Waals surface area contributed by atoms with E-state index in [1.165, 1.54) is 25.7 Å². The summed E-state index contributed by atoms with van der Waals surface area (Å²) in [4.78, 5) is 0. The molecule has 0 saturated heterocycles. The van der Waals surface area contributed by atoms with E-state index in [-0.39, 0.29) is 0 Å². The molecule has 0 fully saturated rings. The van der Waals surface area contributed by atoms with Crippen molar-refractivity contribution in [1.82, 2.24) is 5.01 Å². The van der Waals surface area contributed by atoms with Crippen molar-refractivity contribution in [2.75, 3.05) is 7.05 Å². The molecule has 0 spiro atoms. The van der Waals surface area contributed by atoms with Crippen LogP contribution >= 0.6 is 0 Å². The van der Waals surface area contributed by atoms with Gasteiger partial charge in [0.25, 0.3) is 0 Å². The maximum absolute atomic E-state index is 5.88. The van der Waals surface area contributed by atoms with Gasteiger partial charge in [-0.2, -0.15) is 5.10 Å². The lowest BCUT2D eigenvalue weighted by Crippen LogP contribution is -2.33. The lowest BCUT2D eigenvalue weighted by atomic mass is 9.92. The predicted molar refractivity (Wildman–Crippen MR) is 56.5 cm³/mol. The smallest absolute Gasteiger partial charge is 0.125 e. The number of nitrogens with zero attached hydrogens (tertiary/aromatic N) is 2. The van der Waals surface area contributed by atoms with Crippen molar-refractivity contribution in [3.8, 4) is 0 Å². The Balaban J connectivity index is 2.60. The minimum absolute atomic E-state index is 0.495. The Labute approximate surface area is 81.0 Å². The summed E-state index contributed by atoms with van der Waals surface area (Å²) in [6.07, 6.45) is 4.77. The molecule has 1 rings (SSSR count). The van der Waals surface area contributed by atoms with E-state index in [0.717, 1.165) is 5.84 Å². The molecule has 0 bridgehead atoms. The van der Waals surface area contributed by atoms with Crippen LogP contribution in [-0.2, 0) is 0 Å². The van der Waals surface area contributed by atoms with Crippen molar-refractivity contribution in [2.24, 2.45) is 16.8 Å². The molecule has 1 aliphatic rings. The van der Waals surface area contributed by atoms with Gasteiger partial charge >= 0.3 is 0 Å². The van der Waals surface area contributed by atoms with Crippen LogP contribution in [0.25, 0.3) is 0 Å². The maximum atomic E-state index is 5.88. The second-order valence-electron chi connectivity index (χ2n) is 3.85. The van der Waals surface area contributed by atoms with Gasteiger partial charge in [-0.05, 0) is 12.8 Å². The monoisotopic (exact) mass is 183 g/mol. The first kappa shape index (κ1) is 10.4. The van der Waals surface area contributed by atoms with Crippen LogP contribution in [0.2, 0.25) is 0 Å². The zero-order valence-corrected chi connectivity index (χ0v) is 8.95. The average Bonchev–Trinajstić information content (AvgIpc) is 2.33. The van der Waals surface area contributed by atoms with Crippen LogP contribution in [0.3, 0.4) is 0 Å². The van der Waals surface area contributed by atoms with Crippen LogP contribution < -0.4 is 5.73 Å². The Hall–Kier alpha value is -0.730. The van der Waals surface area contributed by atoms with Crippen LogP contribution in [0.4, 0.5) is 0 Å². The second kappa shape index (κ2) is 4.49. The third kappa shape index (κ3) is 2.14. The largest absolute Gasteiger partial charge is 0.385 e. The van der Waals surface area contributed by atoms with Crippen molar-refractivity contribution in [1.29, 1.82) is 0 Å². The second-order valence-corrected chi connectivity index (χ2v) is 3.85. The zero-order chi connectivity index (χ0) is 9.84. The summed E-state index contributed by atoms with van der Waals surface area (Å²) in [6, 6.07) is 0.546. The molecule has 1 aliphatic heterocycles. The fourth-order valence-electron chi connectivity index (χ4n) is 2.12. The van der Waals surface area contributed by atoms with E-state index in [2.05, 4.69) is 18.9 Å². The molecule has 3 nitrogen and oxygen atoms in total. The maximum Gasteiger partial charge on any atom is 0.125 e. The number of hydrazone groups is 1. The lowest BCUT2D eigenvalue weighted by molar-refractivity contribution is 0.225. The SMILES string of the molecule is CCCC1C(N)=NN(C)C1CCC. The Bertz CT molecular complexity index is 189. The van der Waals surface area contributed by atoms with Gasteiger partial charge in [-0.15, -0.1) is 0 Å². The fraction of sp³-hybridized carbons (Fsp3) is 0.900. The van der Waals surface area contributed by atoms with E-state index in [1.54, 1.807) is 0 Å². The Kier molecular flexibility index (Phi) is 3.58. The first-order valence-corrected chi connectivity index (χ1v) is 5.27. The Morgan fingerprint density at radius 3 is 2.46 bits per heavy atom. The van der Waals surface area contributed by atoms with Crippen LogP contribution in [-0.4, -0.2) is 23.9 Å². The molecule has 0 saturated carbocycles. The van der Waals surface area contributed by atoms with Gasteiger partial charge in [0.15, 0.2) is 0 Å². The van der Waals surface area contributed by atoms with E-state index < -0.39 is 0 Å². The minimum atomic E-state index is 0.495. The van der Waals surface area contributed by atoms with E-state index in [4.69, 9.17) is 5.73 Å². The van der Waals surface area contributed by atoms with Crippen molar-refractivity contribution < 1.29 is 0 Å². The molecule has 13 heavy (non-hydrogen) atoms. The van der Waals surface area contributed by atoms with E-state index in [0.29, 0.717) is 12.0 Å². The van der Waals surface area contributed by atoms with Gasteiger partial charge in [0.1, 0.15) is 5.84 Å². The van der Waals surface area contributed by atoms with Crippen molar-refractivity contribution in [3.05, 3.63) is 0 Å². The summed E-state index contributed by atoms with van der Waals surface area (Å²) < 4.78 is 0. The number of hydrogen-bond donors (Lipinski definition) is 1. The molecule has 0 radical (unpaired) electrons. The molecular formula is C10H21N3. The van der Waals surface area contributed by atoms with Gasteiger partial charge in [0.2, 0.25) is 0 Å². The summed E-state index contributed by atoms with van der Waals surface area (Å²) in [7, 11) is 2.03. The predicted octanol–water partition coefficient (Wildman–Crippen LogP) is 1.79. The van der Waals surface area contributed by atoms with Gasteiger partial charge in [-0.25, -0.2) is 0 Å². The molecule has 0 aliphatic carbocycles. The molecule has 3 heteroatoms. The first-order chi connectivity index (χ1) is 6.20. The Morgan fingerprint density at radius 1 is 1.31 bits per heavy atom. The number of hydrogen-bond acceptors (Lipinski definition) is 3. The molecule has 1 heterocycles. The van der Waals surface area contributed by atoms with Gasteiger partial charge in [-0.3, -0.25) is 5.01 Å². The van der Waals surface area contributed by atoms with E-state index >= 15 is 0 Å². The summed E-state index contributed by atoms with van der Waals surface area (Å²) in [6.45, 7) is 4.42. The Morgan fingerprint density at radius 2 is 1.92 bits per heavy atom. The van der Waals surface area contributed by atoms with Gasteiger partial charge in [0.05, 0.1) is 6.04 Å². The highest BCUT2D eigenvalue weighted by molar-refractivity contribution is 5.84. The molecular weight excluding hydrogens is 162 g/mol. The zero-order valence-electron chi connectivity index (χ0n) is 8.95. The highest BCUT2D eigenvalue weighted by atomic mass is 15.5. The van der Waals surface area contributed by atoms with Crippen molar-refractivity contribution >= 4 is 5.84 Å². The number of nitrogens with two attached hydrogens (primary N) is 1. The number of amidine groups is 1. The van der Waals surface area contributed by atoms with Crippen LogP contribution in [0.5, 0.6) is 0 Å². The highest BCUT2D eigenvalue weighted by Gasteiger charge is 2.32. The lowest BCUT2D eigenvalue weighted by Gasteiger charge is -2.23.